The quantitative estimate of drug-likeness (QED) is 0.826. The highest BCUT2D eigenvalue weighted by atomic mass is 35.5. The van der Waals surface area contributed by atoms with E-state index in [1.165, 1.54) is 6.92 Å². The zero-order chi connectivity index (χ0) is 13.5. The van der Waals surface area contributed by atoms with Crippen LogP contribution >= 0.6 is 11.6 Å². The SMILES string of the molecule is CC(NC(=O)CCOc1ccccc1Cl)C(=O)O. The molecule has 18 heavy (non-hydrogen) atoms. The maximum absolute atomic E-state index is 11.3. The third-order valence-corrected chi connectivity index (χ3v) is 2.48. The van der Waals surface area contributed by atoms with Gasteiger partial charge in [0.25, 0.3) is 0 Å². The topological polar surface area (TPSA) is 75.6 Å². The van der Waals surface area contributed by atoms with Crippen LogP contribution in [0, 0.1) is 0 Å². The Morgan fingerprint density at radius 2 is 2.11 bits per heavy atom. The number of carboxylic acids is 1. The summed E-state index contributed by atoms with van der Waals surface area (Å²) in [5, 5.41) is 11.4. The monoisotopic (exact) mass is 271 g/mol. The Balaban J connectivity index is 2.32. The van der Waals surface area contributed by atoms with E-state index in [2.05, 4.69) is 5.32 Å². The van der Waals surface area contributed by atoms with E-state index in [4.69, 9.17) is 21.4 Å². The molecule has 5 nitrogen and oxygen atoms in total. The Bertz CT molecular complexity index is 436. The fourth-order valence-electron chi connectivity index (χ4n) is 1.19. The summed E-state index contributed by atoms with van der Waals surface area (Å²) >= 11 is 5.86. The van der Waals surface area contributed by atoms with Crippen molar-refractivity contribution in [2.45, 2.75) is 19.4 Å². The lowest BCUT2D eigenvalue weighted by molar-refractivity contribution is -0.141. The van der Waals surface area contributed by atoms with Crippen LogP contribution in [0.15, 0.2) is 24.3 Å². The molecule has 98 valence electrons. The summed E-state index contributed by atoms with van der Waals surface area (Å²) < 4.78 is 5.31. The average Bonchev–Trinajstić information content (AvgIpc) is 2.31. The number of amides is 1. The minimum absolute atomic E-state index is 0.0723. The van der Waals surface area contributed by atoms with Crippen molar-refractivity contribution < 1.29 is 19.4 Å². The Morgan fingerprint density at radius 1 is 1.44 bits per heavy atom. The van der Waals surface area contributed by atoms with Gasteiger partial charge < -0.3 is 15.2 Å². The maximum atomic E-state index is 11.3. The molecule has 6 heteroatoms. The van der Waals surface area contributed by atoms with Gasteiger partial charge in [0.1, 0.15) is 11.8 Å². The molecule has 1 rings (SSSR count). The van der Waals surface area contributed by atoms with Gasteiger partial charge >= 0.3 is 5.97 Å². The van der Waals surface area contributed by atoms with Crippen LogP contribution in [0.25, 0.3) is 0 Å². The first-order valence-electron chi connectivity index (χ1n) is 5.40. The Kier molecular flexibility index (Phi) is 5.45. The van der Waals surface area contributed by atoms with Crippen LogP contribution in [0.3, 0.4) is 0 Å². The molecule has 0 heterocycles. The van der Waals surface area contributed by atoms with Crippen molar-refractivity contribution in [2.75, 3.05) is 6.61 Å². The number of hydrogen-bond acceptors (Lipinski definition) is 3. The van der Waals surface area contributed by atoms with Crippen LogP contribution in [0.2, 0.25) is 5.02 Å². The molecule has 2 N–H and O–H groups in total. The Labute approximate surface area is 110 Å². The Morgan fingerprint density at radius 3 is 2.72 bits per heavy atom. The highest BCUT2D eigenvalue weighted by Crippen LogP contribution is 2.22. The molecule has 1 aromatic rings. The van der Waals surface area contributed by atoms with Crippen molar-refractivity contribution in [1.29, 1.82) is 0 Å². The van der Waals surface area contributed by atoms with Crippen molar-refractivity contribution in [3.05, 3.63) is 29.3 Å². The number of carbonyl (C=O) groups is 2. The number of ether oxygens (including phenoxy) is 1. The number of carboxylic acid groups (broad SMARTS) is 1. The first-order valence-corrected chi connectivity index (χ1v) is 5.78. The highest BCUT2D eigenvalue weighted by Gasteiger charge is 2.13. The highest BCUT2D eigenvalue weighted by molar-refractivity contribution is 6.32. The van der Waals surface area contributed by atoms with Gasteiger partial charge in [-0.05, 0) is 19.1 Å². The van der Waals surface area contributed by atoms with Gasteiger partial charge in [-0.3, -0.25) is 9.59 Å². The van der Waals surface area contributed by atoms with E-state index < -0.39 is 12.0 Å². The number of aliphatic carboxylic acids is 1. The molecule has 0 aliphatic rings. The van der Waals surface area contributed by atoms with Crippen LogP contribution in [0.1, 0.15) is 13.3 Å². The molecule has 0 bridgehead atoms. The Hall–Kier alpha value is -1.75. The molecule has 1 amide bonds. The first kappa shape index (κ1) is 14.3. The van der Waals surface area contributed by atoms with Gasteiger partial charge in [-0.1, -0.05) is 23.7 Å². The lowest BCUT2D eigenvalue weighted by Crippen LogP contribution is -2.38. The minimum atomic E-state index is -1.07. The molecule has 1 aromatic carbocycles. The van der Waals surface area contributed by atoms with Gasteiger partial charge in [0.2, 0.25) is 5.91 Å². The van der Waals surface area contributed by atoms with E-state index in [0.717, 1.165) is 0 Å². The van der Waals surface area contributed by atoms with E-state index in [9.17, 15) is 9.59 Å². The summed E-state index contributed by atoms with van der Waals surface area (Å²) in [5.74, 6) is -0.953. The number of benzene rings is 1. The first-order chi connectivity index (χ1) is 8.50. The largest absolute Gasteiger partial charge is 0.491 e. The van der Waals surface area contributed by atoms with E-state index in [-0.39, 0.29) is 18.9 Å². The van der Waals surface area contributed by atoms with Gasteiger partial charge in [-0.15, -0.1) is 0 Å². The average molecular weight is 272 g/mol. The summed E-state index contributed by atoms with van der Waals surface area (Å²) in [6, 6.07) is 6.02. The zero-order valence-corrected chi connectivity index (χ0v) is 10.6. The van der Waals surface area contributed by atoms with E-state index in [1.807, 2.05) is 0 Å². The molecule has 0 saturated heterocycles. The van der Waals surface area contributed by atoms with Gasteiger partial charge in [0, 0.05) is 0 Å². The van der Waals surface area contributed by atoms with Gasteiger partial charge in [-0.2, -0.15) is 0 Å². The van der Waals surface area contributed by atoms with Crippen LogP contribution < -0.4 is 10.1 Å². The number of nitrogens with one attached hydrogen (secondary N) is 1. The fraction of sp³-hybridized carbons (Fsp3) is 0.333. The van der Waals surface area contributed by atoms with E-state index >= 15 is 0 Å². The van der Waals surface area contributed by atoms with E-state index in [0.29, 0.717) is 10.8 Å². The third-order valence-electron chi connectivity index (χ3n) is 2.17. The van der Waals surface area contributed by atoms with Crippen LogP contribution in [0.4, 0.5) is 0 Å². The predicted octanol–water partition coefficient (Wildman–Crippen LogP) is 1.70. The van der Waals surface area contributed by atoms with Crippen LogP contribution in [-0.2, 0) is 9.59 Å². The molecule has 0 radical (unpaired) electrons. The number of halogens is 1. The van der Waals surface area contributed by atoms with Gasteiger partial charge in [0.05, 0.1) is 18.1 Å². The summed E-state index contributed by atoms with van der Waals surface area (Å²) in [6.07, 6.45) is 0.0723. The third kappa shape index (κ3) is 4.63. The number of rotatable bonds is 6. The molecular formula is C12H14ClNO4. The molecule has 0 saturated carbocycles. The molecule has 0 aliphatic heterocycles. The second kappa shape index (κ2) is 6.86. The van der Waals surface area contributed by atoms with Crippen molar-refractivity contribution in [3.63, 3.8) is 0 Å². The molecule has 0 fully saturated rings. The maximum Gasteiger partial charge on any atom is 0.325 e. The lowest BCUT2D eigenvalue weighted by atomic mass is 10.3. The zero-order valence-electron chi connectivity index (χ0n) is 9.85. The van der Waals surface area contributed by atoms with Crippen LogP contribution in [-0.4, -0.2) is 29.6 Å². The summed E-state index contributed by atoms with van der Waals surface area (Å²) in [6.45, 7) is 1.54. The molecule has 1 atom stereocenters. The summed E-state index contributed by atoms with van der Waals surface area (Å²) in [4.78, 5) is 21.9. The molecule has 0 aromatic heterocycles. The number of hydrogen-bond donors (Lipinski definition) is 2. The van der Waals surface area contributed by atoms with Crippen molar-refractivity contribution >= 4 is 23.5 Å². The second-order valence-corrected chi connectivity index (χ2v) is 4.06. The summed E-state index contributed by atoms with van der Waals surface area (Å²) in [5.41, 5.74) is 0. The van der Waals surface area contributed by atoms with Crippen LogP contribution in [0.5, 0.6) is 5.75 Å². The van der Waals surface area contributed by atoms with E-state index in [1.54, 1.807) is 24.3 Å². The standard InChI is InChI=1S/C12H14ClNO4/c1-8(12(16)17)14-11(15)6-7-18-10-5-3-2-4-9(10)13/h2-5,8H,6-7H2,1H3,(H,14,15)(H,16,17). The van der Waals surface area contributed by atoms with Gasteiger partial charge in [-0.25, -0.2) is 0 Å². The molecule has 0 spiro atoms. The predicted molar refractivity (Wildman–Crippen MR) is 66.8 cm³/mol. The second-order valence-electron chi connectivity index (χ2n) is 3.66. The van der Waals surface area contributed by atoms with Crippen molar-refractivity contribution in [1.82, 2.24) is 5.32 Å². The smallest absolute Gasteiger partial charge is 0.325 e. The minimum Gasteiger partial charge on any atom is -0.491 e. The number of carbonyl (C=O) groups excluding carboxylic acids is 1. The molecule has 0 aliphatic carbocycles. The van der Waals surface area contributed by atoms with Crippen molar-refractivity contribution in [2.24, 2.45) is 0 Å². The molecule has 1 unspecified atom stereocenters. The molecular weight excluding hydrogens is 258 g/mol. The fourth-order valence-corrected chi connectivity index (χ4v) is 1.38. The number of para-hydroxylation sites is 1. The summed E-state index contributed by atoms with van der Waals surface area (Å²) in [7, 11) is 0. The normalized spacial score (nSPS) is 11.7. The lowest BCUT2D eigenvalue weighted by Gasteiger charge is -2.10. The van der Waals surface area contributed by atoms with Gasteiger partial charge in [0.15, 0.2) is 0 Å². The van der Waals surface area contributed by atoms with Crippen molar-refractivity contribution in [3.8, 4) is 5.75 Å².